The lowest BCUT2D eigenvalue weighted by atomic mass is 9.67. The van der Waals surface area contributed by atoms with Crippen molar-refractivity contribution in [3.05, 3.63) is 301 Å². The fourth-order valence-corrected chi connectivity index (χ4v) is 13.3. The first-order valence-corrected chi connectivity index (χ1v) is 28.0. The molecule has 8 heteroatoms. The van der Waals surface area contributed by atoms with Crippen LogP contribution < -0.4 is 0 Å². The average Bonchev–Trinajstić information content (AvgIpc) is 2.15. The van der Waals surface area contributed by atoms with E-state index in [9.17, 15) is 0 Å². The number of allylic oxidation sites excluding steroid dienone is 4. The van der Waals surface area contributed by atoms with E-state index in [1.165, 1.54) is 33.4 Å². The molecule has 0 spiro atoms. The maximum Gasteiger partial charge on any atom is 0.238 e. The van der Waals surface area contributed by atoms with Gasteiger partial charge < -0.3 is 4.57 Å². The van der Waals surface area contributed by atoms with Crippen molar-refractivity contribution in [2.75, 3.05) is 0 Å². The summed E-state index contributed by atoms with van der Waals surface area (Å²) < 4.78 is 4.78. The Kier molecular flexibility index (Phi) is 11.0. The van der Waals surface area contributed by atoms with Crippen molar-refractivity contribution in [2.24, 2.45) is 5.92 Å². The zero-order chi connectivity index (χ0) is 54.3. The molecule has 0 fully saturated rings. The van der Waals surface area contributed by atoms with E-state index < -0.39 is 5.41 Å². The Balaban J connectivity index is 0.925. The predicted octanol–water partition coefficient (Wildman–Crippen LogP) is 17.1. The van der Waals surface area contributed by atoms with Gasteiger partial charge in [0.25, 0.3) is 0 Å². The molecule has 82 heavy (non-hydrogen) atoms. The van der Waals surface area contributed by atoms with Crippen LogP contribution in [0, 0.1) is 5.92 Å². The van der Waals surface area contributed by atoms with E-state index in [0.717, 1.165) is 71.4 Å². The van der Waals surface area contributed by atoms with Crippen molar-refractivity contribution in [1.82, 2.24) is 39.0 Å². The minimum absolute atomic E-state index is 0.0178. The lowest BCUT2D eigenvalue weighted by Gasteiger charge is -2.34. The Morgan fingerprint density at radius 2 is 0.878 bits per heavy atom. The molecule has 0 aliphatic heterocycles. The number of hydrogen-bond donors (Lipinski definition) is 0. The maximum atomic E-state index is 5.63. The summed E-state index contributed by atoms with van der Waals surface area (Å²) in [4.78, 5) is 32.2. The first kappa shape index (κ1) is 47.3. The molecule has 0 radical (unpaired) electrons. The molecule has 0 saturated heterocycles. The second kappa shape index (κ2) is 19.0. The number of rotatable bonds is 9. The van der Waals surface area contributed by atoms with E-state index >= 15 is 0 Å². The van der Waals surface area contributed by atoms with Crippen LogP contribution >= 0.6 is 0 Å². The van der Waals surface area contributed by atoms with Gasteiger partial charge >= 0.3 is 0 Å². The standard InChI is InChI=1S/C74H50N8/c1-47-24-23-38-59(72-77-68(48-25-7-2-8-26-48)75-71(78-72)51-42-43-55-54-35-17-20-39-60(54)74(61(55)46-51,52-31-13-5-14-32-52)53-33-15-6-16-34-53)66(47)82-62-40-21-18-36-56(62)57-44-45-64-65(67(57)82)58-37-19-22-41-63(58)81(64)73-79-69(49-27-9-3-10-28-49)76-70(80-73)50-29-11-4-12-30-50/h2-47,66H,1H3. The van der Waals surface area contributed by atoms with Crippen molar-refractivity contribution in [3.8, 4) is 62.6 Å². The predicted molar refractivity (Wildman–Crippen MR) is 331 cm³/mol. The smallest absolute Gasteiger partial charge is 0.238 e. The molecular weight excluding hydrogens is 1000 g/mol. The topological polar surface area (TPSA) is 87.2 Å². The van der Waals surface area contributed by atoms with E-state index in [2.05, 4.69) is 234 Å². The minimum atomic E-state index is -0.595. The second-order valence-corrected chi connectivity index (χ2v) is 21.4. The van der Waals surface area contributed by atoms with Crippen molar-refractivity contribution < 1.29 is 0 Å². The molecule has 0 amide bonds. The van der Waals surface area contributed by atoms with Crippen molar-refractivity contribution in [3.63, 3.8) is 0 Å². The molecule has 2 aliphatic rings. The fourth-order valence-electron chi connectivity index (χ4n) is 13.3. The van der Waals surface area contributed by atoms with Crippen LogP contribution in [-0.2, 0) is 5.41 Å². The Bertz CT molecular complexity index is 4780. The Labute approximate surface area is 473 Å². The van der Waals surface area contributed by atoms with E-state index in [1.807, 2.05) is 54.6 Å². The number of para-hydroxylation sites is 2. The third kappa shape index (κ3) is 7.31. The van der Waals surface area contributed by atoms with Gasteiger partial charge in [0.05, 0.1) is 28.0 Å². The van der Waals surface area contributed by atoms with Gasteiger partial charge in [0.1, 0.15) is 0 Å². The SMILES string of the molecule is CC1C=CC=C(c2nc(-c3ccccc3)nc(-c3ccc4c(c3)C(c3ccccc3)(c3ccccc3)c3ccccc3-4)n2)C1n1c2ccccc2c2ccc3c(c4ccccc4n3-c3nc(-c4ccccc4)nc(-c4ccccc4)n3)c21. The van der Waals surface area contributed by atoms with E-state index in [0.29, 0.717) is 35.1 Å². The number of fused-ring (bicyclic) bond motifs is 10. The summed E-state index contributed by atoms with van der Waals surface area (Å²) in [6.07, 6.45) is 6.71. The zero-order valence-corrected chi connectivity index (χ0v) is 44.7. The molecule has 10 aromatic carbocycles. The van der Waals surface area contributed by atoms with Crippen molar-refractivity contribution in [1.29, 1.82) is 0 Å². The molecule has 8 nitrogen and oxygen atoms in total. The Morgan fingerprint density at radius 3 is 1.51 bits per heavy atom. The molecule has 0 bridgehead atoms. The number of hydrogen-bond acceptors (Lipinski definition) is 6. The molecule has 4 aromatic heterocycles. The second-order valence-electron chi connectivity index (χ2n) is 21.4. The van der Waals surface area contributed by atoms with E-state index in [-0.39, 0.29) is 12.0 Å². The van der Waals surface area contributed by atoms with Gasteiger partial charge in [-0.1, -0.05) is 256 Å². The quantitative estimate of drug-likeness (QED) is 0.143. The highest BCUT2D eigenvalue weighted by atomic mass is 15.2. The van der Waals surface area contributed by atoms with Gasteiger partial charge in [-0.15, -0.1) is 0 Å². The van der Waals surface area contributed by atoms with Gasteiger partial charge in [0, 0.05) is 54.9 Å². The lowest BCUT2D eigenvalue weighted by Crippen LogP contribution is -2.28. The lowest BCUT2D eigenvalue weighted by molar-refractivity contribution is 0.522. The summed E-state index contributed by atoms with van der Waals surface area (Å²) in [5.41, 5.74) is 15.5. The molecule has 0 saturated carbocycles. The number of benzene rings is 10. The summed E-state index contributed by atoms with van der Waals surface area (Å²) in [6, 6.07) is 89.9. The highest BCUT2D eigenvalue weighted by Gasteiger charge is 2.46. The summed E-state index contributed by atoms with van der Waals surface area (Å²) in [5.74, 6) is 3.61. The normalized spacial score (nSPS) is 15.3. The molecule has 2 atom stereocenters. The van der Waals surface area contributed by atoms with Crippen LogP contribution in [0.2, 0.25) is 0 Å². The molecule has 2 unspecified atom stereocenters. The maximum absolute atomic E-state index is 5.63. The van der Waals surface area contributed by atoms with E-state index in [4.69, 9.17) is 29.9 Å². The third-order valence-electron chi connectivity index (χ3n) is 16.8. The number of aromatic nitrogens is 8. The van der Waals surface area contributed by atoms with Gasteiger partial charge in [-0.2, -0.15) is 9.97 Å². The Hall–Kier alpha value is -10.7. The molecule has 386 valence electrons. The largest absolute Gasteiger partial charge is 0.332 e. The van der Waals surface area contributed by atoms with Gasteiger partial charge in [-0.25, -0.2) is 19.9 Å². The molecule has 16 rings (SSSR count). The first-order chi connectivity index (χ1) is 40.6. The molecule has 0 N–H and O–H groups in total. The summed E-state index contributed by atoms with van der Waals surface area (Å²) in [6.45, 7) is 2.31. The monoisotopic (exact) mass is 1050 g/mol. The van der Waals surface area contributed by atoms with E-state index in [1.54, 1.807) is 0 Å². The average molecular weight is 1050 g/mol. The Morgan fingerprint density at radius 1 is 0.378 bits per heavy atom. The molecule has 14 aromatic rings. The van der Waals surface area contributed by atoms with Gasteiger partial charge in [0.15, 0.2) is 29.1 Å². The van der Waals surface area contributed by atoms with Crippen LogP contribution in [0.25, 0.3) is 112 Å². The van der Waals surface area contributed by atoms with Gasteiger partial charge in [0.2, 0.25) is 5.95 Å². The van der Waals surface area contributed by atoms with Crippen LogP contribution in [0.3, 0.4) is 0 Å². The van der Waals surface area contributed by atoms with Crippen molar-refractivity contribution in [2.45, 2.75) is 18.4 Å². The van der Waals surface area contributed by atoms with Crippen LogP contribution in [0.4, 0.5) is 0 Å². The van der Waals surface area contributed by atoms with Crippen molar-refractivity contribution >= 4 is 49.2 Å². The van der Waals surface area contributed by atoms with Crippen LogP contribution in [-0.4, -0.2) is 39.0 Å². The minimum Gasteiger partial charge on any atom is -0.332 e. The molecular formula is C74H50N8. The summed E-state index contributed by atoms with van der Waals surface area (Å²) in [5, 5.41) is 4.51. The van der Waals surface area contributed by atoms with Gasteiger partial charge in [-0.3, -0.25) is 4.57 Å². The fraction of sp³-hybridized carbons (Fsp3) is 0.0541. The first-order valence-electron chi connectivity index (χ1n) is 28.0. The molecule has 4 heterocycles. The van der Waals surface area contributed by atoms with Gasteiger partial charge in [-0.05, 0) is 63.6 Å². The number of nitrogens with zero attached hydrogens (tertiary/aromatic N) is 8. The van der Waals surface area contributed by atoms with Crippen LogP contribution in [0.5, 0.6) is 0 Å². The van der Waals surface area contributed by atoms with Crippen LogP contribution in [0.15, 0.2) is 273 Å². The highest BCUT2D eigenvalue weighted by Crippen LogP contribution is 2.57. The van der Waals surface area contributed by atoms with Crippen LogP contribution in [0.1, 0.15) is 41.0 Å². The zero-order valence-electron chi connectivity index (χ0n) is 44.7. The third-order valence-corrected chi connectivity index (χ3v) is 16.8. The summed E-state index contributed by atoms with van der Waals surface area (Å²) >= 11 is 0. The highest BCUT2D eigenvalue weighted by molar-refractivity contribution is 6.25. The summed E-state index contributed by atoms with van der Waals surface area (Å²) in [7, 11) is 0. The molecule has 2 aliphatic carbocycles.